The Labute approximate surface area is 158 Å². The first-order valence-electron chi connectivity index (χ1n) is 8.05. The predicted molar refractivity (Wildman–Crippen MR) is 101 cm³/mol. The number of nitriles is 1. The van der Waals surface area contributed by atoms with Crippen molar-refractivity contribution in [2.24, 2.45) is 0 Å². The SMILES string of the molecule is COC(=O)/C(C#N)=C\Nc1ccc(S(=O)(=O)NCCc2ccccc2)cc1. The minimum absolute atomic E-state index is 0.124. The van der Waals surface area contributed by atoms with Gasteiger partial charge in [0.25, 0.3) is 0 Å². The standard InChI is InChI=1S/C19H19N3O4S/c1-26-19(23)16(13-20)14-21-17-7-9-18(10-8-17)27(24,25)22-12-11-15-5-3-2-4-6-15/h2-10,14,21-22H,11-12H2,1H3/b16-14-. The number of ether oxygens (including phenoxy) is 1. The summed E-state index contributed by atoms with van der Waals surface area (Å²) in [4.78, 5) is 11.4. The number of methoxy groups -OCH3 is 1. The Kier molecular flexibility index (Phi) is 7.11. The Balaban J connectivity index is 1.97. The molecule has 0 saturated carbocycles. The number of rotatable bonds is 8. The number of benzene rings is 2. The van der Waals surface area contributed by atoms with Crippen molar-refractivity contribution >= 4 is 21.7 Å². The zero-order chi connectivity index (χ0) is 19.7. The molecule has 0 aliphatic rings. The second-order valence-corrected chi connectivity index (χ2v) is 7.23. The lowest BCUT2D eigenvalue weighted by Gasteiger charge is -2.08. The van der Waals surface area contributed by atoms with Crippen molar-refractivity contribution in [2.75, 3.05) is 19.0 Å². The molecule has 0 radical (unpaired) electrons. The van der Waals surface area contributed by atoms with E-state index in [0.29, 0.717) is 18.7 Å². The fraction of sp³-hybridized carbons (Fsp3) is 0.158. The van der Waals surface area contributed by atoms with Crippen LogP contribution in [0.2, 0.25) is 0 Å². The molecule has 0 amide bonds. The van der Waals surface area contributed by atoms with Gasteiger partial charge >= 0.3 is 5.97 Å². The highest BCUT2D eigenvalue weighted by Gasteiger charge is 2.13. The maximum atomic E-state index is 12.3. The highest BCUT2D eigenvalue weighted by Crippen LogP contribution is 2.14. The average Bonchev–Trinajstić information content (AvgIpc) is 2.69. The Morgan fingerprint density at radius 2 is 1.81 bits per heavy atom. The molecule has 0 atom stereocenters. The lowest BCUT2D eigenvalue weighted by Crippen LogP contribution is -2.25. The van der Waals surface area contributed by atoms with Crippen LogP contribution in [0.15, 0.2) is 71.3 Å². The van der Waals surface area contributed by atoms with Crippen molar-refractivity contribution < 1.29 is 17.9 Å². The van der Waals surface area contributed by atoms with E-state index in [1.165, 1.54) is 37.6 Å². The van der Waals surface area contributed by atoms with Gasteiger partial charge in [-0.1, -0.05) is 30.3 Å². The number of sulfonamides is 1. The Morgan fingerprint density at radius 3 is 2.41 bits per heavy atom. The third kappa shape index (κ3) is 5.95. The summed E-state index contributed by atoms with van der Waals surface area (Å²) >= 11 is 0. The van der Waals surface area contributed by atoms with Gasteiger partial charge < -0.3 is 10.1 Å². The summed E-state index contributed by atoms with van der Waals surface area (Å²) in [5.74, 6) is -0.758. The highest BCUT2D eigenvalue weighted by atomic mass is 32.2. The predicted octanol–water partition coefficient (Wildman–Crippen LogP) is 2.20. The number of hydrogen-bond acceptors (Lipinski definition) is 6. The molecule has 2 aromatic rings. The monoisotopic (exact) mass is 385 g/mol. The van der Waals surface area contributed by atoms with E-state index in [1.807, 2.05) is 30.3 Å². The van der Waals surface area contributed by atoms with Gasteiger partial charge in [0.05, 0.1) is 12.0 Å². The number of nitrogens with one attached hydrogen (secondary N) is 2. The second-order valence-electron chi connectivity index (χ2n) is 5.46. The summed E-state index contributed by atoms with van der Waals surface area (Å²) in [5, 5.41) is 11.6. The number of anilines is 1. The molecule has 0 spiro atoms. The fourth-order valence-electron chi connectivity index (χ4n) is 2.19. The fourth-order valence-corrected chi connectivity index (χ4v) is 3.22. The third-order valence-electron chi connectivity index (χ3n) is 3.62. The van der Waals surface area contributed by atoms with Gasteiger partial charge in [0.15, 0.2) is 5.57 Å². The number of nitrogens with zero attached hydrogens (tertiary/aromatic N) is 1. The summed E-state index contributed by atoms with van der Waals surface area (Å²) in [7, 11) is -2.44. The van der Waals surface area contributed by atoms with Crippen molar-refractivity contribution in [3.63, 3.8) is 0 Å². The van der Waals surface area contributed by atoms with E-state index in [4.69, 9.17) is 5.26 Å². The van der Waals surface area contributed by atoms with E-state index >= 15 is 0 Å². The largest absolute Gasteiger partial charge is 0.465 e. The zero-order valence-electron chi connectivity index (χ0n) is 14.7. The lowest BCUT2D eigenvalue weighted by atomic mass is 10.2. The molecule has 0 bridgehead atoms. The van der Waals surface area contributed by atoms with Crippen LogP contribution in [0.1, 0.15) is 5.56 Å². The Morgan fingerprint density at radius 1 is 1.15 bits per heavy atom. The minimum atomic E-state index is -3.62. The number of esters is 1. The van der Waals surface area contributed by atoms with Crippen molar-refractivity contribution in [3.8, 4) is 6.07 Å². The van der Waals surface area contributed by atoms with Crippen molar-refractivity contribution in [1.29, 1.82) is 5.26 Å². The highest BCUT2D eigenvalue weighted by molar-refractivity contribution is 7.89. The smallest absolute Gasteiger partial charge is 0.350 e. The Hall–Kier alpha value is -3.15. The molecule has 0 fully saturated rings. The summed E-state index contributed by atoms with van der Waals surface area (Å²) in [5.41, 5.74) is 1.37. The van der Waals surface area contributed by atoms with E-state index in [-0.39, 0.29) is 10.5 Å². The van der Waals surface area contributed by atoms with Crippen molar-refractivity contribution in [1.82, 2.24) is 4.72 Å². The van der Waals surface area contributed by atoms with E-state index in [0.717, 1.165) is 5.56 Å². The summed E-state index contributed by atoms with van der Waals surface area (Å²) < 4.78 is 31.7. The van der Waals surface area contributed by atoms with Crippen LogP contribution >= 0.6 is 0 Å². The van der Waals surface area contributed by atoms with Crippen LogP contribution < -0.4 is 10.0 Å². The van der Waals surface area contributed by atoms with Gasteiger partial charge in [-0.15, -0.1) is 0 Å². The van der Waals surface area contributed by atoms with Gasteiger partial charge in [0.1, 0.15) is 6.07 Å². The zero-order valence-corrected chi connectivity index (χ0v) is 15.5. The molecule has 0 saturated heterocycles. The summed E-state index contributed by atoms with van der Waals surface area (Å²) in [6, 6.07) is 17.2. The van der Waals surface area contributed by atoms with Crippen LogP contribution in [0, 0.1) is 11.3 Å². The van der Waals surface area contributed by atoms with Crippen LogP contribution in [0.3, 0.4) is 0 Å². The molecule has 27 heavy (non-hydrogen) atoms. The molecule has 8 heteroatoms. The molecule has 140 valence electrons. The van der Waals surface area contributed by atoms with Crippen LogP contribution in [0.25, 0.3) is 0 Å². The van der Waals surface area contributed by atoms with Gasteiger partial charge in [-0.25, -0.2) is 17.9 Å². The number of carbonyl (C=O) groups is 1. The molecular weight excluding hydrogens is 366 g/mol. The molecular formula is C19H19N3O4S. The number of hydrogen-bond donors (Lipinski definition) is 2. The minimum Gasteiger partial charge on any atom is -0.465 e. The van der Waals surface area contributed by atoms with E-state index in [2.05, 4.69) is 14.8 Å². The van der Waals surface area contributed by atoms with Gasteiger partial charge in [-0.3, -0.25) is 0 Å². The van der Waals surface area contributed by atoms with E-state index in [1.54, 1.807) is 6.07 Å². The quantitative estimate of drug-likeness (QED) is 0.410. The molecule has 2 rings (SSSR count). The maximum absolute atomic E-state index is 12.3. The first kappa shape index (κ1) is 20.2. The van der Waals surface area contributed by atoms with Gasteiger partial charge in [0, 0.05) is 18.4 Å². The third-order valence-corrected chi connectivity index (χ3v) is 5.10. The number of carbonyl (C=O) groups excluding carboxylic acids is 1. The van der Waals surface area contributed by atoms with Crippen molar-refractivity contribution in [2.45, 2.75) is 11.3 Å². The van der Waals surface area contributed by atoms with E-state index in [9.17, 15) is 13.2 Å². The molecule has 7 nitrogen and oxygen atoms in total. The topological polar surface area (TPSA) is 108 Å². The van der Waals surface area contributed by atoms with Crippen LogP contribution in [0.5, 0.6) is 0 Å². The van der Waals surface area contributed by atoms with Gasteiger partial charge in [-0.2, -0.15) is 5.26 Å². The Bertz CT molecular complexity index is 947. The molecule has 0 unspecified atom stereocenters. The molecule has 2 aromatic carbocycles. The molecule has 0 heterocycles. The second kappa shape index (κ2) is 9.52. The van der Waals surface area contributed by atoms with Crippen LogP contribution in [-0.4, -0.2) is 28.0 Å². The summed E-state index contributed by atoms with van der Waals surface area (Å²) in [6.07, 6.45) is 1.79. The maximum Gasteiger partial charge on any atom is 0.350 e. The molecule has 0 aliphatic heterocycles. The molecule has 0 aromatic heterocycles. The van der Waals surface area contributed by atoms with Crippen LogP contribution in [-0.2, 0) is 26.0 Å². The van der Waals surface area contributed by atoms with Gasteiger partial charge in [0.2, 0.25) is 10.0 Å². The van der Waals surface area contributed by atoms with E-state index < -0.39 is 16.0 Å². The normalized spacial score (nSPS) is 11.5. The first-order valence-corrected chi connectivity index (χ1v) is 9.53. The average molecular weight is 385 g/mol. The van der Waals surface area contributed by atoms with Gasteiger partial charge in [-0.05, 0) is 36.2 Å². The lowest BCUT2D eigenvalue weighted by molar-refractivity contribution is -0.135. The first-order chi connectivity index (χ1) is 13.0. The summed E-state index contributed by atoms with van der Waals surface area (Å²) in [6.45, 7) is 0.291. The van der Waals surface area contributed by atoms with Crippen LogP contribution in [0.4, 0.5) is 5.69 Å². The molecule has 0 aliphatic carbocycles. The van der Waals surface area contributed by atoms with Crippen molar-refractivity contribution in [3.05, 3.63) is 71.9 Å². The molecule has 2 N–H and O–H groups in total.